The van der Waals surface area contributed by atoms with E-state index in [2.05, 4.69) is 10.2 Å². The lowest BCUT2D eigenvalue weighted by Gasteiger charge is -2.44. The first-order valence-electron chi connectivity index (χ1n) is 8.46. The van der Waals surface area contributed by atoms with Crippen LogP contribution in [0.4, 0.5) is 0 Å². The van der Waals surface area contributed by atoms with Gasteiger partial charge in [0.2, 0.25) is 0 Å². The molecule has 0 aliphatic carbocycles. The molecular formula is C17H23N3O3S2. The number of aromatic nitrogens is 1. The molecule has 0 spiro atoms. The van der Waals surface area contributed by atoms with E-state index in [-0.39, 0.29) is 11.5 Å². The minimum Gasteiger partial charge on any atom is -0.480 e. The largest absolute Gasteiger partial charge is 0.480 e. The van der Waals surface area contributed by atoms with E-state index in [0.29, 0.717) is 24.0 Å². The summed E-state index contributed by atoms with van der Waals surface area (Å²) in [7, 11) is 0. The maximum atomic E-state index is 12.1. The van der Waals surface area contributed by atoms with E-state index in [1.54, 1.807) is 17.8 Å². The van der Waals surface area contributed by atoms with Crippen LogP contribution in [0.2, 0.25) is 0 Å². The fourth-order valence-electron chi connectivity index (χ4n) is 3.80. The van der Waals surface area contributed by atoms with Crippen molar-refractivity contribution >= 4 is 35.1 Å². The molecule has 25 heavy (non-hydrogen) atoms. The summed E-state index contributed by atoms with van der Waals surface area (Å²) in [4.78, 5) is 25.6. The summed E-state index contributed by atoms with van der Waals surface area (Å²) < 4.78 is 1.88. The summed E-state index contributed by atoms with van der Waals surface area (Å²) in [6.45, 7) is 2.19. The number of piperidine rings is 1. The maximum Gasteiger partial charge on any atom is 0.326 e. The summed E-state index contributed by atoms with van der Waals surface area (Å²) in [6.07, 6.45) is 3.55. The molecule has 3 rings (SSSR count). The van der Waals surface area contributed by atoms with Gasteiger partial charge in [-0.05, 0) is 49.1 Å². The highest BCUT2D eigenvalue weighted by molar-refractivity contribution is 7.98. The molecule has 0 unspecified atom stereocenters. The quantitative estimate of drug-likeness (QED) is 0.746. The number of thiocarbonyl (C=S) groups is 1. The zero-order valence-electron chi connectivity index (χ0n) is 14.2. The van der Waals surface area contributed by atoms with Crippen molar-refractivity contribution in [2.45, 2.75) is 31.3 Å². The molecule has 6 nitrogen and oxygen atoms in total. The lowest BCUT2D eigenvalue weighted by molar-refractivity contribution is -0.139. The van der Waals surface area contributed by atoms with Crippen LogP contribution in [0, 0.1) is 5.92 Å². The lowest BCUT2D eigenvalue weighted by Crippen LogP contribution is -2.54. The Hall–Kier alpha value is -1.54. The number of fused-ring (bicyclic) bond motifs is 4. The number of rotatable bonds is 5. The molecule has 1 aromatic heterocycles. The number of carboxylic acid groups (broad SMARTS) is 1. The van der Waals surface area contributed by atoms with Gasteiger partial charge in [-0.3, -0.25) is 4.79 Å². The highest BCUT2D eigenvalue weighted by Crippen LogP contribution is 2.34. The summed E-state index contributed by atoms with van der Waals surface area (Å²) in [5.74, 6) is 0.524. The van der Waals surface area contributed by atoms with Gasteiger partial charge in [0, 0.05) is 37.3 Å². The average molecular weight is 382 g/mol. The second-order valence-corrected chi connectivity index (χ2v) is 8.10. The predicted molar refractivity (Wildman–Crippen MR) is 103 cm³/mol. The number of nitrogens with one attached hydrogen (secondary N) is 1. The van der Waals surface area contributed by atoms with E-state index in [1.165, 1.54) is 0 Å². The van der Waals surface area contributed by atoms with Crippen LogP contribution in [0.5, 0.6) is 0 Å². The zero-order valence-corrected chi connectivity index (χ0v) is 15.8. The first-order valence-corrected chi connectivity index (χ1v) is 10.3. The molecule has 8 heteroatoms. The van der Waals surface area contributed by atoms with Crippen molar-refractivity contribution in [2.75, 3.05) is 25.1 Å². The van der Waals surface area contributed by atoms with Crippen LogP contribution in [0.15, 0.2) is 23.0 Å². The monoisotopic (exact) mass is 381 g/mol. The number of thioether (sulfide) groups is 1. The minimum atomic E-state index is -0.870. The van der Waals surface area contributed by atoms with Crippen molar-refractivity contribution in [3.63, 3.8) is 0 Å². The predicted octanol–water partition coefficient (Wildman–Crippen LogP) is 1.35. The Balaban J connectivity index is 1.70. The smallest absolute Gasteiger partial charge is 0.326 e. The standard InChI is InChI=1S/C17H23N3O3S2/c1-25-6-5-13(16(22)23)18-17(24)19-8-11-7-12(10-19)14-3-2-4-15(21)20(14)9-11/h2-4,11-13H,5-10H2,1H3,(H,18,24)(H,22,23)/t11-,12-,13-/m0/s1. The Morgan fingerprint density at radius 1 is 1.44 bits per heavy atom. The van der Waals surface area contributed by atoms with Crippen LogP contribution in [0.3, 0.4) is 0 Å². The molecule has 0 aromatic carbocycles. The SMILES string of the molecule is CSCC[C@H](NC(=S)N1C[C@@H]2C[C@@H](C1)c1cccc(=O)n1C2)C(=O)O. The molecule has 136 valence electrons. The van der Waals surface area contributed by atoms with E-state index in [9.17, 15) is 14.7 Å². The van der Waals surface area contributed by atoms with Crippen LogP contribution < -0.4 is 10.9 Å². The average Bonchev–Trinajstić information content (AvgIpc) is 2.59. The van der Waals surface area contributed by atoms with Crippen molar-refractivity contribution in [3.05, 3.63) is 34.2 Å². The molecule has 2 aliphatic heterocycles. The fourth-order valence-corrected chi connectivity index (χ4v) is 4.56. The number of carboxylic acids is 1. The Bertz CT molecular complexity index is 721. The highest BCUT2D eigenvalue weighted by atomic mass is 32.2. The summed E-state index contributed by atoms with van der Waals surface area (Å²) >= 11 is 7.12. The first kappa shape index (κ1) is 18.3. The fraction of sp³-hybridized carbons (Fsp3) is 0.588. The van der Waals surface area contributed by atoms with Crippen LogP contribution in [0.25, 0.3) is 0 Å². The molecule has 0 amide bonds. The van der Waals surface area contributed by atoms with Gasteiger partial charge in [0.25, 0.3) is 5.56 Å². The normalized spacial score (nSPS) is 22.8. The molecule has 0 radical (unpaired) electrons. The van der Waals surface area contributed by atoms with Gasteiger partial charge in [-0.25, -0.2) is 4.79 Å². The van der Waals surface area contributed by atoms with Gasteiger partial charge in [0.05, 0.1) is 0 Å². The van der Waals surface area contributed by atoms with Crippen LogP contribution in [-0.4, -0.2) is 56.8 Å². The number of aliphatic carboxylic acids is 1. The molecule has 2 aliphatic rings. The third-order valence-corrected chi connectivity index (χ3v) is 5.99. The number of hydrogen-bond acceptors (Lipinski definition) is 4. The summed E-state index contributed by atoms with van der Waals surface area (Å²) in [6, 6.07) is 4.78. The zero-order chi connectivity index (χ0) is 18.0. The van der Waals surface area contributed by atoms with Crippen LogP contribution in [0.1, 0.15) is 24.5 Å². The maximum absolute atomic E-state index is 12.1. The Kier molecular flexibility index (Phi) is 5.68. The van der Waals surface area contributed by atoms with Crippen molar-refractivity contribution in [3.8, 4) is 0 Å². The van der Waals surface area contributed by atoms with Crippen molar-refractivity contribution < 1.29 is 9.90 Å². The second kappa shape index (κ2) is 7.78. The molecular weight excluding hydrogens is 358 g/mol. The Morgan fingerprint density at radius 3 is 2.96 bits per heavy atom. The van der Waals surface area contributed by atoms with Gasteiger partial charge in [-0.15, -0.1) is 0 Å². The van der Waals surface area contributed by atoms with Crippen molar-refractivity contribution in [2.24, 2.45) is 5.92 Å². The minimum absolute atomic E-state index is 0.0596. The second-order valence-electron chi connectivity index (χ2n) is 6.72. The highest BCUT2D eigenvalue weighted by Gasteiger charge is 2.35. The first-order chi connectivity index (χ1) is 12.0. The molecule has 3 atom stereocenters. The number of likely N-dealkylation sites (tertiary alicyclic amines) is 1. The molecule has 0 saturated carbocycles. The molecule has 2 bridgehead atoms. The van der Waals surface area contributed by atoms with Crippen LogP contribution in [-0.2, 0) is 11.3 Å². The molecule has 3 heterocycles. The van der Waals surface area contributed by atoms with Gasteiger partial charge >= 0.3 is 5.97 Å². The Morgan fingerprint density at radius 2 is 2.24 bits per heavy atom. The number of hydrogen-bond donors (Lipinski definition) is 2. The van der Waals surface area contributed by atoms with Crippen LogP contribution >= 0.6 is 24.0 Å². The van der Waals surface area contributed by atoms with E-state index in [4.69, 9.17) is 12.2 Å². The topological polar surface area (TPSA) is 74.6 Å². The molecule has 1 fully saturated rings. The van der Waals surface area contributed by atoms with Gasteiger partial charge in [0.15, 0.2) is 5.11 Å². The molecule has 1 aromatic rings. The van der Waals surface area contributed by atoms with E-state index in [1.807, 2.05) is 23.0 Å². The van der Waals surface area contributed by atoms with Gasteiger partial charge in [-0.1, -0.05) is 6.07 Å². The van der Waals surface area contributed by atoms with E-state index in [0.717, 1.165) is 31.0 Å². The Labute approximate surface area is 156 Å². The molecule has 2 N–H and O–H groups in total. The van der Waals surface area contributed by atoms with Crippen molar-refractivity contribution in [1.82, 2.24) is 14.8 Å². The van der Waals surface area contributed by atoms with Crippen molar-refractivity contribution in [1.29, 1.82) is 0 Å². The number of carbonyl (C=O) groups is 1. The third-order valence-electron chi connectivity index (χ3n) is 4.97. The molecule has 1 saturated heterocycles. The summed E-state index contributed by atoms with van der Waals surface area (Å²) in [5.41, 5.74) is 1.12. The van der Waals surface area contributed by atoms with Gasteiger partial charge in [-0.2, -0.15) is 11.8 Å². The third kappa shape index (κ3) is 4.00. The van der Waals surface area contributed by atoms with E-state index < -0.39 is 12.0 Å². The van der Waals surface area contributed by atoms with E-state index >= 15 is 0 Å². The number of pyridine rings is 1. The van der Waals surface area contributed by atoms with Gasteiger partial charge < -0.3 is 19.9 Å². The summed E-state index contributed by atoms with van der Waals surface area (Å²) in [5, 5.41) is 12.9. The number of nitrogens with zero attached hydrogens (tertiary/aromatic N) is 2. The lowest BCUT2D eigenvalue weighted by atomic mass is 9.83. The van der Waals surface area contributed by atoms with Gasteiger partial charge in [0.1, 0.15) is 6.04 Å².